The normalized spacial score (nSPS) is 14.7. The Bertz CT molecular complexity index is 529. The van der Waals surface area contributed by atoms with Crippen molar-refractivity contribution < 1.29 is 4.42 Å². The van der Waals surface area contributed by atoms with E-state index in [1.165, 1.54) is 17.4 Å². The lowest BCUT2D eigenvalue weighted by Gasteiger charge is -2.16. The van der Waals surface area contributed by atoms with Gasteiger partial charge in [-0.05, 0) is 51.4 Å². The third-order valence-corrected chi connectivity index (χ3v) is 3.63. The van der Waals surface area contributed by atoms with Crippen LogP contribution in [0.2, 0.25) is 0 Å². The van der Waals surface area contributed by atoms with E-state index in [2.05, 4.69) is 57.3 Å². The SMILES string of the molecule is CCCNC(C)CC(C)c1cc2cc(C)ccc2o1. The van der Waals surface area contributed by atoms with Crippen LogP contribution in [-0.4, -0.2) is 12.6 Å². The summed E-state index contributed by atoms with van der Waals surface area (Å²) in [6.45, 7) is 9.90. The molecule has 2 rings (SSSR count). The number of hydrogen-bond donors (Lipinski definition) is 1. The number of furan rings is 1. The first-order valence-electron chi connectivity index (χ1n) is 7.33. The maximum atomic E-state index is 5.96. The summed E-state index contributed by atoms with van der Waals surface area (Å²) in [6.07, 6.45) is 2.29. The van der Waals surface area contributed by atoms with Gasteiger partial charge in [0.15, 0.2) is 0 Å². The lowest BCUT2D eigenvalue weighted by molar-refractivity contribution is 0.429. The van der Waals surface area contributed by atoms with Crippen LogP contribution in [0.4, 0.5) is 0 Å². The Kier molecular flexibility index (Phi) is 4.65. The summed E-state index contributed by atoms with van der Waals surface area (Å²) in [5.74, 6) is 1.55. The van der Waals surface area contributed by atoms with E-state index in [1.807, 2.05) is 0 Å². The van der Waals surface area contributed by atoms with Crippen LogP contribution >= 0.6 is 0 Å². The fraction of sp³-hybridized carbons (Fsp3) is 0.529. The number of fused-ring (bicyclic) bond motifs is 1. The van der Waals surface area contributed by atoms with Gasteiger partial charge in [-0.15, -0.1) is 0 Å². The van der Waals surface area contributed by atoms with Crippen molar-refractivity contribution in [1.29, 1.82) is 0 Å². The minimum Gasteiger partial charge on any atom is -0.461 e. The number of rotatable bonds is 6. The van der Waals surface area contributed by atoms with Crippen molar-refractivity contribution in [3.8, 4) is 0 Å². The van der Waals surface area contributed by atoms with Crippen LogP contribution in [0.3, 0.4) is 0 Å². The van der Waals surface area contributed by atoms with Gasteiger partial charge >= 0.3 is 0 Å². The largest absolute Gasteiger partial charge is 0.461 e. The predicted octanol–water partition coefficient (Wildman–Crippen LogP) is 4.62. The van der Waals surface area contributed by atoms with Crippen LogP contribution in [0, 0.1) is 6.92 Å². The van der Waals surface area contributed by atoms with Crippen LogP contribution in [-0.2, 0) is 0 Å². The molecule has 1 aromatic heterocycles. The first kappa shape index (κ1) is 14.1. The zero-order valence-corrected chi connectivity index (χ0v) is 12.5. The summed E-state index contributed by atoms with van der Waals surface area (Å²) in [7, 11) is 0. The minimum absolute atomic E-state index is 0.451. The highest BCUT2D eigenvalue weighted by molar-refractivity contribution is 5.78. The molecule has 0 aliphatic carbocycles. The Morgan fingerprint density at radius 3 is 2.74 bits per heavy atom. The van der Waals surface area contributed by atoms with Crippen molar-refractivity contribution in [1.82, 2.24) is 5.32 Å². The smallest absolute Gasteiger partial charge is 0.134 e. The Hall–Kier alpha value is -1.28. The molecular weight excluding hydrogens is 234 g/mol. The second-order valence-corrected chi connectivity index (χ2v) is 5.68. The Morgan fingerprint density at radius 1 is 1.21 bits per heavy atom. The maximum absolute atomic E-state index is 5.96. The van der Waals surface area contributed by atoms with E-state index in [0.29, 0.717) is 12.0 Å². The van der Waals surface area contributed by atoms with Gasteiger partial charge in [0.25, 0.3) is 0 Å². The Morgan fingerprint density at radius 2 is 2.00 bits per heavy atom. The van der Waals surface area contributed by atoms with Gasteiger partial charge in [-0.1, -0.05) is 25.5 Å². The molecule has 2 unspecified atom stereocenters. The van der Waals surface area contributed by atoms with Crippen LogP contribution in [0.1, 0.15) is 50.9 Å². The van der Waals surface area contributed by atoms with E-state index in [0.717, 1.165) is 24.3 Å². The van der Waals surface area contributed by atoms with Gasteiger partial charge < -0.3 is 9.73 Å². The fourth-order valence-electron chi connectivity index (χ4n) is 2.55. The first-order chi connectivity index (χ1) is 9.10. The molecule has 2 heteroatoms. The number of hydrogen-bond acceptors (Lipinski definition) is 2. The number of aryl methyl sites for hydroxylation is 1. The summed E-state index contributed by atoms with van der Waals surface area (Å²) in [4.78, 5) is 0. The van der Waals surface area contributed by atoms with E-state index >= 15 is 0 Å². The molecule has 1 N–H and O–H groups in total. The molecule has 19 heavy (non-hydrogen) atoms. The van der Waals surface area contributed by atoms with E-state index in [-0.39, 0.29) is 0 Å². The molecule has 0 aliphatic heterocycles. The number of benzene rings is 1. The molecule has 0 spiro atoms. The van der Waals surface area contributed by atoms with Gasteiger partial charge in [-0.3, -0.25) is 0 Å². The highest BCUT2D eigenvalue weighted by atomic mass is 16.3. The molecule has 0 radical (unpaired) electrons. The van der Waals surface area contributed by atoms with Crippen molar-refractivity contribution >= 4 is 11.0 Å². The summed E-state index contributed by atoms with van der Waals surface area (Å²) >= 11 is 0. The highest BCUT2D eigenvalue weighted by Crippen LogP contribution is 2.28. The van der Waals surface area contributed by atoms with E-state index in [1.54, 1.807) is 0 Å². The lowest BCUT2D eigenvalue weighted by atomic mass is 10.00. The summed E-state index contributed by atoms with van der Waals surface area (Å²) in [5, 5.41) is 4.75. The highest BCUT2D eigenvalue weighted by Gasteiger charge is 2.14. The van der Waals surface area contributed by atoms with Crippen LogP contribution in [0.25, 0.3) is 11.0 Å². The number of nitrogens with one attached hydrogen (secondary N) is 1. The lowest BCUT2D eigenvalue weighted by Crippen LogP contribution is -2.27. The van der Waals surface area contributed by atoms with Gasteiger partial charge in [-0.2, -0.15) is 0 Å². The second kappa shape index (κ2) is 6.25. The van der Waals surface area contributed by atoms with Gasteiger partial charge in [-0.25, -0.2) is 0 Å². The molecule has 0 saturated heterocycles. The Labute approximate surface area is 116 Å². The quantitative estimate of drug-likeness (QED) is 0.818. The Balaban J connectivity index is 2.06. The van der Waals surface area contributed by atoms with E-state index in [4.69, 9.17) is 4.42 Å². The third kappa shape index (κ3) is 3.60. The zero-order chi connectivity index (χ0) is 13.8. The van der Waals surface area contributed by atoms with Crippen molar-refractivity contribution in [3.63, 3.8) is 0 Å². The fourth-order valence-corrected chi connectivity index (χ4v) is 2.55. The van der Waals surface area contributed by atoms with Gasteiger partial charge in [0.05, 0.1) is 0 Å². The molecule has 0 saturated carbocycles. The van der Waals surface area contributed by atoms with Gasteiger partial charge in [0.2, 0.25) is 0 Å². The van der Waals surface area contributed by atoms with E-state index < -0.39 is 0 Å². The van der Waals surface area contributed by atoms with Crippen molar-refractivity contribution in [2.45, 2.75) is 52.5 Å². The first-order valence-corrected chi connectivity index (χ1v) is 7.33. The monoisotopic (exact) mass is 259 g/mol. The average Bonchev–Trinajstić information content (AvgIpc) is 2.79. The average molecular weight is 259 g/mol. The molecule has 2 aromatic rings. The van der Waals surface area contributed by atoms with Gasteiger partial charge in [0.1, 0.15) is 11.3 Å². The molecule has 104 valence electrons. The standard InChI is InChI=1S/C17H25NO/c1-5-8-18-14(4)10-13(3)17-11-15-9-12(2)6-7-16(15)19-17/h6-7,9,11,13-14,18H,5,8,10H2,1-4H3. The molecule has 0 aliphatic rings. The summed E-state index contributed by atoms with van der Waals surface area (Å²) < 4.78 is 5.96. The molecule has 0 amide bonds. The zero-order valence-electron chi connectivity index (χ0n) is 12.5. The maximum Gasteiger partial charge on any atom is 0.134 e. The van der Waals surface area contributed by atoms with Crippen LogP contribution < -0.4 is 5.32 Å². The van der Waals surface area contributed by atoms with Crippen molar-refractivity contribution in [2.24, 2.45) is 0 Å². The predicted molar refractivity (Wildman–Crippen MR) is 81.7 cm³/mol. The molecule has 2 atom stereocenters. The van der Waals surface area contributed by atoms with Crippen molar-refractivity contribution in [2.75, 3.05) is 6.54 Å². The van der Waals surface area contributed by atoms with Gasteiger partial charge in [0, 0.05) is 17.3 Å². The molecule has 1 aromatic carbocycles. The summed E-state index contributed by atoms with van der Waals surface area (Å²) in [5.41, 5.74) is 2.28. The topological polar surface area (TPSA) is 25.2 Å². The van der Waals surface area contributed by atoms with Crippen LogP contribution in [0.15, 0.2) is 28.7 Å². The van der Waals surface area contributed by atoms with E-state index in [9.17, 15) is 0 Å². The van der Waals surface area contributed by atoms with Crippen LogP contribution in [0.5, 0.6) is 0 Å². The third-order valence-electron chi connectivity index (χ3n) is 3.63. The summed E-state index contributed by atoms with van der Waals surface area (Å²) in [6, 6.07) is 9.09. The molecular formula is C17H25NO. The molecule has 0 fully saturated rings. The minimum atomic E-state index is 0.451. The van der Waals surface area contributed by atoms with Crippen molar-refractivity contribution in [3.05, 3.63) is 35.6 Å². The molecule has 0 bridgehead atoms. The second-order valence-electron chi connectivity index (χ2n) is 5.68. The molecule has 2 nitrogen and oxygen atoms in total. The molecule has 1 heterocycles.